The summed E-state index contributed by atoms with van der Waals surface area (Å²) in [4.78, 5) is 16.1. The van der Waals surface area contributed by atoms with Crippen LogP contribution < -0.4 is 5.32 Å². The number of nitrogens with zero attached hydrogens (tertiary/aromatic N) is 2. The molecule has 0 unspecified atom stereocenters. The van der Waals surface area contributed by atoms with Crippen molar-refractivity contribution in [3.63, 3.8) is 0 Å². The maximum Gasteiger partial charge on any atom is 0.239 e. The minimum atomic E-state index is -0.250. The van der Waals surface area contributed by atoms with Crippen molar-refractivity contribution in [2.75, 3.05) is 11.9 Å². The second-order valence-electron chi connectivity index (χ2n) is 7.98. The number of thiophene rings is 1. The van der Waals surface area contributed by atoms with E-state index in [1.807, 2.05) is 0 Å². The molecule has 2 aliphatic carbocycles. The zero-order valence-electron chi connectivity index (χ0n) is 16.0. The van der Waals surface area contributed by atoms with Gasteiger partial charge in [0.1, 0.15) is 16.9 Å². The number of halogens is 1. The molecule has 4 nitrogen and oxygen atoms in total. The summed E-state index contributed by atoms with van der Waals surface area (Å²) in [5.74, 6) is 0.291. The molecule has 6 heteroatoms. The van der Waals surface area contributed by atoms with Gasteiger partial charge < -0.3 is 5.32 Å². The fraction of sp³-hybridized carbons (Fsp3) is 0.455. The van der Waals surface area contributed by atoms with Gasteiger partial charge >= 0.3 is 0 Å². The summed E-state index contributed by atoms with van der Waals surface area (Å²) < 4.78 is 13.1. The molecule has 1 N–H and O–H groups in total. The third-order valence-corrected chi connectivity index (χ3v) is 6.76. The standard InChI is InChI=1S/C22H24FN3OS/c1-14-2-9-18-19(11-24)22(28-20(18)10-14)25-21(27)13-26(17-7-8-17)12-15-3-5-16(23)6-4-15/h3-6,14,17H,2,7-10,12-13H2,1H3,(H,25,27)/t14-/m1/s1. The predicted molar refractivity (Wildman–Crippen MR) is 109 cm³/mol. The Morgan fingerprint density at radius 2 is 2.07 bits per heavy atom. The number of carbonyl (C=O) groups is 1. The first-order chi connectivity index (χ1) is 13.5. The van der Waals surface area contributed by atoms with Crippen LogP contribution in [0.5, 0.6) is 0 Å². The number of anilines is 1. The van der Waals surface area contributed by atoms with E-state index in [4.69, 9.17) is 0 Å². The molecule has 1 amide bonds. The SMILES string of the molecule is C[C@@H]1CCc2c(sc(NC(=O)CN(Cc3ccc(F)cc3)C3CC3)c2C#N)C1. The fourth-order valence-corrected chi connectivity index (χ4v) is 5.26. The highest BCUT2D eigenvalue weighted by Crippen LogP contribution is 2.39. The number of nitriles is 1. The van der Waals surface area contributed by atoms with E-state index < -0.39 is 0 Å². The van der Waals surface area contributed by atoms with Gasteiger partial charge in [0.05, 0.1) is 12.1 Å². The Hall–Kier alpha value is -2.23. The molecule has 0 radical (unpaired) electrons. The van der Waals surface area contributed by atoms with Crippen molar-refractivity contribution >= 4 is 22.2 Å². The molecule has 1 atom stereocenters. The van der Waals surface area contributed by atoms with Crippen LogP contribution in [0.15, 0.2) is 24.3 Å². The van der Waals surface area contributed by atoms with E-state index in [2.05, 4.69) is 23.2 Å². The van der Waals surface area contributed by atoms with E-state index in [0.717, 1.165) is 43.2 Å². The number of nitrogens with one attached hydrogen (secondary N) is 1. The smallest absolute Gasteiger partial charge is 0.239 e. The number of rotatable bonds is 6. The highest BCUT2D eigenvalue weighted by molar-refractivity contribution is 7.16. The van der Waals surface area contributed by atoms with Crippen LogP contribution in [0, 0.1) is 23.1 Å². The average molecular weight is 398 g/mol. The molecule has 0 spiro atoms. The number of fused-ring (bicyclic) bond motifs is 1. The Kier molecular flexibility index (Phi) is 5.47. The van der Waals surface area contributed by atoms with E-state index in [1.54, 1.807) is 23.5 Å². The van der Waals surface area contributed by atoms with Gasteiger partial charge in [0.15, 0.2) is 0 Å². The molecule has 0 bridgehead atoms. The van der Waals surface area contributed by atoms with Gasteiger partial charge in [-0.05, 0) is 61.3 Å². The maximum atomic E-state index is 13.1. The van der Waals surface area contributed by atoms with Gasteiger partial charge in [-0.25, -0.2) is 4.39 Å². The van der Waals surface area contributed by atoms with Crippen LogP contribution >= 0.6 is 11.3 Å². The molecule has 1 fully saturated rings. The second kappa shape index (κ2) is 8.02. The van der Waals surface area contributed by atoms with Gasteiger partial charge in [-0.3, -0.25) is 9.69 Å². The summed E-state index contributed by atoms with van der Waals surface area (Å²) in [6.45, 7) is 3.14. The second-order valence-corrected chi connectivity index (χ2v) is 9.08. The molecule has 146 valence electrons. The lowest BCUT2D eigenvalue weighted by atomic mass is 9.89. The molecule has 4 rings (SSSR count). The summed E-state index contributed by atoms with van der Waals surface area (Å²) in [6.07, 6.45) is 5.18. The Morgan fingerprint density at radius 1 is 1.32 bits per heavy atom. The van der Waals surface area contributed by atoms with Crippen LogP contribution in [0.4, 0.5) is 9.39 Å². The lowest BCUT2D eigenvalue weighted by Crippen LogP contribution is -2.34. The van der Waals surface area contributed by atoms with Crippen LogP contribution in [0.1, 0.15) is 47.8 Å². The summed E-state index contributed by atoms with van der Waals surface area (Å²) >= 11 is 1.56. The van der Waals surface area contributed by atoms with Crippen molar-refractivity contribution in [3.8, 4) is 6.07 Å². The molecule has 2 aliphatic rings. The first kappa shape index (κ1) is 19.1. The van der Waals surface area contributed by atoms with E-state index >= 15 is 0 Å². The number of benzene rings is 1. The minimum absolute atomic E-state index is 0.0860. The third kappa shape index (κ3) is 4.26. The summed E-state index contributed by atoms with van der Waals surface area (Å²) in [7, 11) is 0. The highest BCUT2D eigenvalue weighted by Gasteiger charge is 2.31. The average Bonchev–Trinajstić information content (AvgIpc) is 3.45. The molecule has 1 saturated carbocycles. The van der Waals surface area contributed by atoms with Crippen molar-refractivity contribution < 1.29 is 9.18 Å². The van der Waals surface area contributed by atoms with Gasteiger partial charge in [-0.1, -0.05) is 19.1 Å². The quantitative estimate of drug-likeness (QED) is 0.782. The lowest BCUT2D eigenvalue weighted by molar-refractivity contribution is -0.117. The fourth-order valence-electron chi connectivity index (χ4n) is 3.89. The van der Waals surface area contributed by atoms with Crippen molar-refractivity contribution in [3.05, 3.63) is 51.7 Å². The summed E-state index contributed by atoms with van der Waals surface area (Å²) in [5.41, 5.74) is 2.78. The largest absolute Gasteiger partial charge is 0.315 e. The molecule has 1 aromatic heterocycles. The Labute approximate surface area is 169 Å². The minimum Gasteiger partial charge on any atom is -0.315 e. The van der Waals surface area contributed by atoms with Crippen LogP contribution in [-0.4, -0.2) is 23.4 Å². The van der Waals surface area contributed by atoms with Crippen molar-refractivity contribution in [2.24, 2.45) is 5.92 Å². The van der Waals surface area contributed by atoms with Crippen LogP contribution in [0.3, 0.4) is 0 Å². The molecule has 1 heterocycles. The summed E-state index contributed by atoms with van der Waals surface area (Å²) in [6, 6.07) is 9.16. The van der Waals surface area contributed by atoms with E-state index in [0.29, 0.717) is 29.1 Å². The van der Waals surface area contributed by atoms with Crippen molar-refractivity contribution in [2.45, 2.75) is 51.6 Å². The van der Waals surface area contributed by atoms with E-state index in [1.165, 1.54) is 17.0 Å². The summed E-state index contributed by atoms with van der Waals surface area (Å²) in [5, 5.41) is 13.3. The van der Waals surface area contributed by atoms with Crippen molar-refractivity contribution in [1.82, 2.24) is 4.90 Å². The number of hydrogen-bond acceptors (Lipinski definition) is 4. The molecular formula is C22H24FN3OS. The van der Waals surface area contributed by atoms with E-state index in [-0.39, 0.29) is 18.3 Å². The Balaban J connectivity index is 1.44. The van der Waals surface area contributed by atoms with Gasteiger partial charge in [0, 0.05) is 17.5 Å². The van der Waals surface area contributed by atoms with Gasteiger partial charge in [0.2, 0.25) is 5.91 Å². The molecule has 1 aromatic carbocycles. The molecule has 0 aliphatic heterocycles. The highest BCUT2D eigenvalue weighted by atomic mass is 32.1. The topological polar surface area (TPSA) is 56.1 Å². The molecule has 28 heavy (non-hydrogen) atoms. The zero-order chi connectivity index (χ0) is 19.7. The Morgan fingerprint density at radius 3 is 2.75 bits per heavy atom. The number of amides is 1. The predicted octanol–water partition coefficient (Wildman–Crippen LogP) is 4.49. The molecule has 2 aromatic rings. The van der Waals surface area contributed by atoms with Gasteiger partial charge in [-0.2, -0.15) is 5.26 Å². The van der Waals surface area contributed by atoms with Crippen LogP contribution in [0.2, 0.25) is 0 Å². The first-order valence-corrected chi connectivity index (χ1v) is 10.7. The van der Waals surface area contributed by atoms with E-state index in [9.17, 15) is 14.4 Å². The van der Waals surface area contributed by atoms with Gasteiger partial charge in [0.25, 0.3) is 0 Å². The number of hydrogen-bond donors (Lipinski definition) is 1. The first-order valence-electron chi connectivity index (χ1n) is 9.86. The van der Waals surface area contributed by atoms with Crippen LogP contribution in [0.25, 0.3) is 0 Å². The van der Waals surface area contributed by atoms with Crippen molar-refractivity contribution in [1.29, 1.82) is 5.26 Å². The molecular weight excluding hydrogens is 373 g/mol. The van der Waals surface area contributed by atoms with Crippen LogP contribution in [-0.2, 0) is 24.2 Å². The zero-order valence-corrected chi connectivity index (χ0v) is 16.8. The Bertz CT molecular complexity index is 911. The molecule has 0 saturated heterocycles. The number of carbonyl (C=O) groups excluding carboxylic acids is 1. The lowest BCUT2D eigenvalue weighted by Gasteiger charge is -2.21. The maximum absolute atomic E-state index is 13.1. The van der Waals surface area contributed by atoms with Gasteiger partial charge in [-0.15, -0.1) is 11.3 Å². The normalized spacial score (nSPS) is 18.6. The third-order valence-electron chi connectivity index (χ3n) is 5.59. The monoisotopic (exact) mass is 397 g/mol.